The second kappa shape index (κ2) is 19.4. The van der Waals surface area contributed by atoms with Gasteiger partial charge in [0, 0.05) is 33.0 Å². The van der Waals surface area contributed by atoms with Crippen LogP contribution in [0.4, 0.5) is 0 Å². The summed E-state index contributed by atoms with van der Waals surface area (Å²) in [7, 11) is 0. The Bertz CT molecular complexity index is 804. The highest BCUT2D eigenvalue weighted by Crippen LogP contribution is 2.35. The van der Waals surface area contributed by atoms with E-state index in [1.54, 1.807) is 13.8 Å². The molecule has 0 aromatic carbocycles. The maximum Gasteiger partial charge on any atom is 0.187 e. The lowest BCUT2D eigenvalue weighted by molar-refractivity contribution is -0.378. The van der Waals surface area contributed by atoms with Crippen molar-refractivity contribution in [3.8, 4) is 0 Å². The Kier molecular flexibility index (Phi) is 16.8. The second-order valence-electron chi connectivity index (χ2n) is 11.5. The summed E-state index contributed by atoms with van der Waals surface area (Å²) in [5, 5.41) is 44.8. The van der Waals surface area contributed by atoms with E-state index in [1.165, 1.54) is 0 Å². The molecule has 0 aromatic heterocycles. The number of aliphatic hydroxyl groups is 4. The van der Waals surface area contributed by atoms with Crippen LogP contribution in [0.2, 0.25) is 0 Å². The van der Waals surface area contributed by atoms with Crippen molar-refractivity contribution in [1.29, 1.82) is 0 Å². The van der Waals surface area contributed by atoms with Crippen LogP contribution in [0.3, 0.4) is 0 Å². The van der Waals surface area contributed by atoms with Gasteiger partial charge in [-0.05, 0) is 48.0 Å². The lowest BCUT2D eigenvalue weighted by Crippen LogP contribution is -2.67. The molecule has 14 heteroatoms. The molecule has 266 valence electrons. The van der Waals surface area contributed by atoms with Crippen LogP contribution < -0.4 is 0 Å². The summed E-state index contributed by atoms with van der Waals surface area (Å²) in [6, 6.07) is 0. The quantitative estimate of drug-likeness (QED) is 0.161. The molecule has 3 heterocycles. The molecule has 0 saturated carbocycles. The van der Waals surface area contributed by atoms with Crippen molar-refractivity contribution < 1.29 is 67.8 Å². The smallest absolute Gasteiger partial charge is 0.187 e. The normalized spacial score (nSPS) is 42.6. The van der Waals surface area contributed by atoms with Gasteiger partial charge in [-0.15, -0.1) is 0 Å². The van der Waals surface area contributed by atoms with Gasteiger partial charge in [0.25, 0.3) is 0 Å². The van der Waals surface area contributed by atoms with E-state index in [0.29, 0.717) is 26.2 Å². The Morgan fingerprint density at radius 2 is 0.956 bits per heavy atom. The monoisotopic (exact) mass is 654 g/mol. The van der Waals surface area contributed by atoms with Crippen molar-refractivity contribution in [2.75, 3.05) is 46.2 Å². The number of rotatable bonds is 18. The van der Waals surface area contributed by atoms with Crippen LogP contribution in [0, 0.1) is 0 Å². The van der Waals surface area contributed by atoms with Gasteiger partial charge < -0.3 is 67.8 Å². The van der Waals surface area contributed by atoms with Crippen LogP contribution in [0.15, 0.2) is 0 Å². The second-order valence-corrected chi connectivity index (χ2v) is 11.5. The van der Waals surface area contributed by atoms with Crippen LogP contribution in [-0.4, -0.2) is 159 Å². The first kappa shape index (κ1) is 38.9. The Balaban J connectivity index is 1.89. The molecule has 45 heavy (non-hydrogen) atoms. The molecule has 0 spiro atoms. The van der Waals surface area contributed by atoms with Gasteiger partial charge in [0.15, 0.2) is 12.6 Å². The van der Waals surface area contributed by atoms with Gasteiger partial charge in [0.05, 0.1) is 25.4 Å². The molecule has 0 aromatic rings. The van der Waals surface area contributed by atoms with Gasteiger partial charge in [-0.2, -0.15) is 0 Å². The lowest BCUT2D eigenvalue weighted by atomic mass is 9.92. The fourth-order valence-electron chi connectivity index (χ4n) is 6.20. The predicted molar refractivity (Wildman–Crippen MR) is 160 cm³/mol. The predicted octanol–water partition coefficient (Wildman–Crippen LogP) is 0.526. The third kappa shape index (κ3) is 9.76. The maximum atomic E-state index is 11.8. The third-order valence-corrected chi connectivity index (χ3v) is 8.36. The average Bonchev–Trinajstić information content (AvgIpc) is 3.02. The molecule has 3 aliphatic rings. The highest BCUT2D eigenvalue weighted by Gasteiger charge is 2.54. The van der Waals surface area contributed by atoms with Gasteiger partial charge in [0.2, 0.25) is 0 Å². The minimum Gasteiger partial charge on any atom is -0.387 e. The summed E-state index contributed by atoms with van der Waals surface area (Å²) >= 11 is 0. The molecule has 14 nitrogen and oxygen atoms in total. The number of ether oxygens (including phenoxy) is 10. The molecule has 3 fully saturated rings. The Morgan fingerprint density at radius 1 is 0.489 bits per heavy atom. The summed E-state index contributed by atoms with van der Waals surface area (Å²) in [6.45, 7) is 14.5. The molecular weight excluding hydrogens is 596 g/mol. The fraction of sp³-hybridized carbons (Fsp3) is 1.00. The number of aliphatic hydroxyl groups excluding tert-OH is 4. The van der Waals surface area contributed by atoms with Crippen LogP contribution in [0.25, 0.3) is 0 Å². The Labute approximate surface area is 267 Å². The number of hydrogen-bond donors (Lipinski definition) is 4. The van der Waals surface area contributed by atoms with E-state index in [1.807, 2.05) is 34.6 Å². The molecule has 0 aliphatic carbocycles. The fourth-order valence-corrected chi connectivity index (χ4v) is 6.20. The molecule has 3 aliphatic heterocycles. The summed E-state index contributed by atoms with van der Waals surface area (Å²) in [5.74, 6) is 0. The van der Waals surface area contributed by atoms with E-state index in [4.69, 9.17) is 47.4 Å². The van der Waals surface area contributed by atoms with E-state index >= 15 is 0 Å². The van der Waals surface area contributed by atoms with E-state index in [-0.39, 0.29) is 32.5 Å². The van der Waals surface area contributed by atoms with E-state index in [2.05, 4.69) is 0 Å². The zero-order valence-corrected chi connectivity index (χ0v) is 27.9. The zero-order chi connectivity index (χ0) is 33.1. The van der Waals surface area contributed by atoms with Crippen molar-refractivity contribution in [3.63, 3.8) is 0 Å². The van der Waals surface area contributed by atoms with Crippen molar-refractivity contribution in [2.45, 2.75) is 153 Å². The molecule has 3 rings (SSSR count). The molecule has 6 unspecified atom stereocenters. The first-order valence-corrected chi connectivity index (χ1v) is 16.7. The van der Waals surface area contributed by atoms with Gasteiger partial charge in [-0.25, -0.2) is 0 Å². The molecule has 4 N–H and O–H groups in total. The topological polar surface area (TPSA) is 173 Å². The summed E-state index contributed by atoms with van der Waals surface area (Å²) < 4.78 is 60.2. The first-order valence-electron chi connectivity index (χ1n) is 16.7. The van der Waals surface area contributed by atoms with Gasteiger partial charge in [-0.3, -0.25) is 0 Å². The van der Waals surface area contributed by atoms with Crippen LogP contribution in [0.5, 0.6) is 0 Å². The minimum atomic E-state index is -1.34. The van der Waals surface area contributed by atoms with Crippen molar-refractivity contribution in [1.82, 2.24) is 0 Å². The van der Waals surface area contributed by atoms with E-state index in [0.717, 1.165) is 6.42 Å². The van der Waals surface area contributed by atoms with Crippen LogP contribution in [0.1, 0.15) is 61.3 Å². The average molecular weight is 655 g/mol. The van der Waals surface area contributed by atoms with Crippen molar-refractivity contribution >= 4 is 0 Å². The molecule has 0 radical (unpaired) electrons. The van der Waals surface area contributed by atoms with Crippen molar-refractivity contribution in [3.05, 3.63) is 0 Å². The maximum absolute atomic E-state index is 11.8. The Morgan fingerprint density at radius 3 is 1.49 bits per heavy atom. The standard InChI is InChI=1S/C31H58O14/c1-8-14-18-26(23(34)25(38-11-4)17(7)41-18)44-31-29(40-13-6)24(35)27(20(43-31)16-37-10-3)45-30-28(39-12-5)22(33)21(32)19(42-30)15-36-9-2/h17-35H,8-16H2,1-7H3/t17-,18-,19-,20?,21+,22?,23?,24?,25?,26+,27+,28?,29-,30-,31-/m0/s1. The van der Waals surface area contributed by atoms with Gasteiger partial charge in [0.1, 0.15) is 67.1 Å². The largest absolute Gasteiger partial charge is 0.387 e. The van der Waals surface area contributed by atoms with Crippen LogP contribution >= 0.6 is 0 Å². The van der Waals surface area contributed by atoms with Gasteiger partial charge in [-0.1, -0.05) is 13.3 Å². The third-order valence-electron chi connectivity index (χ3n) is 8.36. The SMILES string of the molecule is CCC[C@@H]1O[C@@H](C)C(OCC)C(O)[C@@H]1O[C@@H]1OC(COCC)[C@@H](O[C@@H]2O[C@@H](COCC)[C@@H](O)C(O)C2OCC)C(O)[C@@H]1OCC. The van der Waals surface area contributed by atoms with Gasteiger partial charge >= 0.3 is 0 Å². The minimum absolute atomic E-state index is 0.0169. The highest BCUT2D eigenvalue weighted by molar-refractivity contribution is 4.98. The molecule has 3 saturated heterocycles. The summed E-state index contributed by atoms with van der Waals surface area (Å²) in [6.07, 6.45) is -13.1. The molecule has 0 amide bonds. The molecule has 15 atom stereocenters. The van der Waals surface area contributed by atoms with Crippen molar-refractivity contribution in [2.24, 2.45) is 0 Å². The lowest BCUT2D eigenvalue weighted by Gasteiger charge is -2.50. The molecule has 0 bridgehead atoms. The van der Waals surface area contributed by atoms with Crippen LogP contribution in [-0.2, 0) is 47.4 Å². The summed E-state index contributed by atoms with van der Waals surface area (Å²) in [5.41, 5.74) is 0. The summed E-state index contributed by atoms with van der Waals surface area (Å²) in [4.78, 5) is 0. The Hall–Kier alpha value is -0.560. The van der Waals surface area contributed by atoms with E-state index in [9.17, 15) is 20.4 Å². The van der Waals surface area contributed by atoms with E-state index < -0.39 is 85.8 Å². The zero-order valence-electron chi connectivity index (χ0n) is 27.9. The number of hydrogen-bond acceptors (Lipinski definition) is 14. The highest BCUT2D eigenvalue weighted by atomic mass is 16.8. The molecular formula is C31H58O14. The first-order chi connectivity index (χ1) is 21.7.